The van der Waals surface area contributed by atoms with Gasteiger partial charge in [-0.05, 0) is 6.08 Å². The third kappa shape index (κ3) is 3.35. The van der Waals surface area contributed by atoms with Crippen LogP contribution < -0.4 is 0 Å². The summed E-state index contributed by atoms with van der Waals surface area (Å²) in [6, 6.07) is 0. The number of rotatable bonds is 6. The summed E-state index contributed by atoms with van der Waals surface area (Å²) in [5.41, 5.74) is 0. The van der Waals surface area contributed by atoms with Crippen molar-refractivity contribution in [2.45, 2.75) is 12.5 Å². The molecule has 0 bridgehead atoms. The zero-order chi connectivity index (χ0) is 8.69. The first-order valence-electron chi connectivity index (χ1n) is 3.11. The first kappa shape index (κ1) is 9.62. The molecule has 0 heterocycles. The van der Waals surface area contributed by atoms with Gasteiger partial charge in [0, 0.05) is 6.42 Å². The molecule has 0 aliphatic carbocycles. The number of ketones is 1. The Morgan fingerprint density at radius 2 is 2.18 bits per heavy atom. The predicted molar refractivity (Wildman–Crippen MR) is 41.0 cm³/mol. The number of hydrogen-bond donors (Lipinski definition) is 0. The summed E-state index contributed by atoms with van der Waals surface area (Å²) < 4.78 is 4.41. The summed E-state index contributed by atoms with van der Waals surface area (Å²) in [7, 11) is 0. The molecule has 1 unspecified atom stereocenters. The van der Waals surface area contributed by atoms with E-state index in [4.69, 9.17) is 0 Å². The lowest BCUT2D eigenvalue weighted by molar-refractivity contribution is -0.140. The first-order valence-corrected chi connectivity index (χ1v) is 3.11. The zero-order valence-corrected chi connectivity index (χ0v) is 6.16. The van der Waals surface area contributed by atoms with Gasteiger partial charge in [0.25, 0.3) is 6.47 Å². The molecule has 0 aliphatic heterocycles. The minimum absolute atomic E-state index is 0.185. The monoisotopic (exact) mass is 154 g/mol. The maximum absolute atomic E-state index is 10.9. The van der Waals surface area contributed by atoms with Gasteiger partial charge in [0.1, 0.15) is 0 Å². The van der Waals surface area contributed by atoms with Gasteiger partial charge < -0.3 is 4.74 Å². The van der Waals surface area contributed by atoms with Gasteiger partial charge in [-0.3, -0.25) is 9.59 Å². The molecule has 0 fully saturated rings. The SMILES string of the molecule is C=CCC(=O)C(C=C)OC=O. The molecule has 0 saturated carbocycles. The molecule has 0 rings (SSSR count). The van der Waals surface area contributed by atoms with E-state index in [0.717, 1.165) is 0 Å². The van der Waals surface area contributed by atoms with Crippen LogP contribution in [0.3, 0.4) is 0 Å². The Balaban J connectivity index is 4.00. The second-order valence-electron chi connectivity index (χ2n) is 1.85. The van der Waals surface area contributed by atoms with Crippen LogP contribution in [0.1, 0.15) is 6.42 Å². The average Bonchev–Trinajstić information content (AvgIpc) is 2.00. The van der Waals surface area contributed by atoms with Crippen molar-refractivity contribution < 1.29 is 14.3 Å². The molecule has 3 nitrogen and oxygen atoms in total. The van der Waals surface area contributed by atoms with Gasteiger partial charge in [-0.2, -0.15) is 0 Å². The summed E-state index contributed by atoms with van der Waals surface area (Å²) >= 11 is 0. The van der Waals surface area contributed by atoms with E-state index in [-0.39, 0.29) is 18.7 Å². The average molecular weight is 154 g/mol. The molecule has 0 saturated heterocycles. The third-order valence-corrected chi connectivity index (χ3v) is 1.08. The molecule has 0 N–H and O–H groups in total. The molecule has 0 spiro atoms. The summed E-state index contributed by atoms with van der Waals surface area (Å²) in [5, 5.41) is 0. The van der Waals surface area contributed by atoms with E-state index >= 15 is 0 Å². The highest BCUT2D eigenvalue weighted by Gasteiger charge is 2.12. The second-order valence-corrected chi connectivity index (χ2v) is 1.85. The largest absolute Gasteiger partial charge is 0.452 e. The lowest BCUT2D eigenvalue weighted by Gasteiger charge is -2.06. The van der Waals surface area contributed by atoms with Crippen molar-refractivity contribution in [3.8, 4) is 0 Å². The fourth-order valence-corrected chi connectivity index (χ4v) is 0.581. The van der Waals surface area contributed by atoms with Crippen molar-refractivity contribution in [2.24, 2.45) is 0 Å². The van der Waals surface area contributed by atoms with Crippen LogP contribution in [-0.4, -0.2) is 18.4 Å². The van der Waals surface area contributed by atoms with Gasteiger partial charge in [0.15, 0.2) is 11.9 Å². The Morgan fingerprint density at radius 3 is 2.55 bits per heavy atom. The minimum atomic E-state index is -0.828. The number of Topliss-reactive ketones (excluding diaryl/α,β-unsaturated/α-hetero) is 1. The van der Waals surface area contributed by atoms with E-state index in [1.54, 1.807) is 0 Å². The number of ether oxygens (including phenoxy) is 1. The quantitative estimate of drug-likeness (QED) is 0.421. The Bertz CT molecular complexity index is 172. The Labute approximate surface area is 65.4 Å². The summed E-state index contributed by atoms with van der Waals surface area (Å²) in [5.74, 6) is -0.220. The molecule has 0 radical (unpaired) electrons. The van der Waals surface area contributed by atoms with Crippen LogP contribution in [0.15, 0.2) is 25.3 Å². The maximum Gasteiger partial charge on any atom is 0.294 e. The van der Waals surface area contributed by atoms with Crippen molar-refractivity contribution >= 4 is 12.3 Å². The van der Waals surface area contributed by atoms with E-state index in [1.165, 1.54) is 12.2 Å². The topological polar surface area (TPSA) is 43.4 Å². The van der Waals surface area contributed by atoms with Gasteiger partial charge in [-0.25, -0.2) is 0 Å². The van der Waals surface area contributed by atoms with Crippen LogP contribution in [0.25, 0.3) is 0 Å². The fraction of sp³-hybridized carbons (Fsp3) is 0.250. The lowest BCUT2D eigenvalue weighted by atomic mass is 10.2. The van der Waals surface area contributed by atoms with Gasteiger partial charge in [-0.15, -0.1) is 6.58 Å². The van der Waals surface area contributed by atoms with Crippen LogP contribution in [-0.2, 0) is 14.3 Å². The molecular formula is C8H10O3. The molecule has 3 heteroatoms. The van der Waals surface area contributed by atoms with Crippen LogP contribution in [0, 0.1) is 0 Å². The van der Waals surface area contributed by atoms with Gasteiger partial charge in [0.2, 0.25) is 0 Å². The van der Waals surface area contributed by atoms with E-state index in [1.807, 2.05) is 0 Å². The molecule has 0 aromatic carbocycles. The van der Waals surface area contributed by atoms with Crippen molar-refractivity contribution in [3.63, 3.8) is 0 Å². The van der Waals surface area contributed by atoms with Crippen LogP contribution >= 0.6 is 0 Å². The molecule has 0 aromatic rings. The maximum atomic E-state index is 10.9. The molecule has 60 valence electrons. The van der Waals surface area contributed by atoms with Gasteiger partial charge in [-0.1, -0.05) is 12.7 Å². The highest BCUT2D eigenvalue weighted by molar-refractivity contribution is 5.86. The molecule has 0 amide bonds. The van der Waals surface area contributed by atoms with Crippen molar-refractivity contribution in [1.29, 1.82) is 0 Å². The molecule has 1 atom stereocenters. The highest BCUT2D eigenvalue weighted by atomic mass is 16.5. The Kier molecular flexibility index (Phi) is 4.73. The first-order chi connectivity index (χ1) is 5.26. The number of hydrogen-bond acceptors (Lipinski definition) is 3. The van der Waals surface area contributed by atoms with Gasteiger partial charge in [0.05, 0.1) is 0 Å². The zero-order valence-electron chi connectivity index (χ0n) is 6.16. The summed E-state index contributed by atoms with van der Waals surface area (Å²) in [6.45, 7) is 6.95. The molecular weight excluding hydrogens is 144 g/mol. The van der Waals surface area contributed by atoms with E-state index in [0.29, 0.717) is 0 Å². The number of carbonyl (C=O) groups excluding carboxylic acids is 2. The van der Waals surface area contributed by atoms with Crippen molar-refractivity contribution in [3.05, 3.63) is 25.3 Å². The normalized spacial score (nSPS) is 11.3. The van der Waals surface area contributed by atoms with E-state index in [2.05, 4.69) is 17.9 Å². The number of allylic oxidation sites excluding steroid dienone is 1. The van der Waals surface area contributed by atoms with E-state index in [9.17, 15) is 9.59 Å². The lowest BCUT2D eigenvalue weighted by Crippen LogP contribution is -2.20. The molecule has 11 heavy (non-hydrogen) atoms. The van der Waals surface area contributed by atoms with Crippen molar-refractivity contribution in [1.82, 2.24) is 0 Å². The fourth-order valence-electron chi connectivity index (χ4n) is 0.581. The summed E-state index contributed by atoms with van der Waals surface area (Å²) in [4.78, 5) is 20.8. The number of carbonyl (C=O) groups is 2. The van der Waals surface area contributed by atoms with Crippen LogP contribution in [0.2, 0.25) is 0 Å². The molecule has 0 aromatic heterocycles. The molecule has 0 aliphatic rings. The van der Waals surface area contributed by atoms with Crippen molar-refractivity contribution in [2.75, 3.05) is 0 Å². The standard InChI is InChI=1S/C8H10O3/c1-3-5-7(10)8(4-2)11-6-9/h3-4,6,8H,1-2,5H2. The Hall–Kier alpha value is -1.38. The highest BCUT2D eigenvalue weighted by Crippen LogP contribution is 1.97. The van der Waals surface area contributed by atoms with Crippen LogP contribution in [0.5, 0.6) is 0 Å². The van der Waals surface area contributed by atoms with Crippen LogP contribution in [0.4, 0.5) is 0 Å². The second kappa shape index (κ2) is 5.41. The summed E-state index contributed by atoms with van der Waals surface area (Å²) in [6.07, 6.45) is 2.09. The minimum Gasteiger partial charge on any atom is -0.452 e. The predicted octanol–water partition coefficient (Wildman–Crippen LogP) is 0.859. The van der Waals surface area contributed by atoms with Gasteiger partial charge >= 0.3 is 0 Å². The smallest absolute Gasteiger partial charge is 0.294 e. The van der Waals surface area contributed by atoms with E-state index < -0.39 is 6.10 Å². The third-order valence-electron chi connectivity index (χ3n) is 1.08. The Morgan fingerprint density at radius 1 is 1.55 bits per heavy atom.